The van der Waals surface area contributed by atoms with Crippen molar-refractivity contribution in [2.75, 3.05) is 44.2 Å². The standard InChI is InChI=1S/C16H24BrN3/c1-13-11-14(3-4-16(13)17)20-9-5-15(12-20)19-8-2-6-18-7-10-19/h3-4,11,15,18H,2,5-10,12H2,1H3. The maximum Gasteiger partial charge on any atom is 0.0370 e. The Hall–Kier alpha value is -0.580. The fourth-order valence-corrected chi connectivity index (χ4v) is 3.58. The van der Waals surface area contributed by atoms with Gasteiger partial charge in [-0.3, -0.25) is 4.90 Å². The molecule has 1 aromatic carbocycles. The van der Waals surface area contributed by atoms with E-state index in [0.29, 0.717) is 0 Å². The minimum Gasteiger partial charge on any atom is -0.370 e. The van der Waals surface area contributed by atoms with Crippen molar-refractivity contribution >= 4 is 21.6 Å². The Morgan fingerprint density at radius 2 is 2.10 bits per heavy atom. The molecule has 0 aromatic heterocycles. The minimum atomic E-state index is 0.735. The van der Waals surface area contributed by atoms with E-state index in [2.05, 4.69) is 56.2 Å². The molecule has 3 rings (SSSR count). The lowest BCUT2D eigenvalue weighted by Gasteiger charge is -2.27. The highest BCUT2D eigenvalue weighted by molar-refractivity contribution is 9.10. The maximum atomic E-state index is 3.59. The fraction of sp³-hybridized carbons (Fsp3) is 0.625. The Balaban J connectivity index is 1.64. The molecule has 0 radical (unpaired) electrons. The van der Waals surface area contributed by atoms with Crippen LogP contribution in [-0.2, 0) is 0 Å². The average molecular weight is 338 g/mol. The average Bonchev–Trinajstić information content (AvgIpc) is 2.78. The van der Waals surface area contributed by atoms with Crippen molar-refractivity contribution in [1.82, 2.24) is 10.2 Å². The summed E-state index contributed by atoms with van der Waals surface area (Å²) < 4.78 is 1.20. The molecule has 2 aliphatic heterocycles. The number of aryl methyl sites for hydroxylation is 1. The number of hydrogen-bond donors (Lipinski definition) is 1. The monoisotopic (exact) mass is 337 g/mol. The van der Waals surface area contributed by atoms with E-state index in [-0.39, 0.29) is 0 Å². The smallest absolute Gasteiger partial charge is 0.0370 e. The van der Waals surface area contributed by atoms with Crippen LogP contribution in [0, 0.1) is 6.92 Å². The van der Waals surface area contributed by atoms with Gasteiger partial charge in [0.15, 0.2) is 0 Å². The zero-order valence-electron chi connectivity index (χ0n) is 12.2. The van der Waals surface area contributed by atoms with Crippen LogP contribution < -0.4 is 10.2 Å². The molecule has 4 heteroatoms. The summed E-state index contributed by atoms with van der Waals surface area (Å²) >= 11 is 3.59. The van der Waals surface area contributed by atoms with Gasteiger partial charge in [0.1, 0.15) is 0 Å². The minimum absolute atomic E-state index is 0.735. The molecule has 2 fully saturated rings. The largest absolute Gasteiger partial charge is 0.370 e. The van der Waals surface area contributed by atoms with E-state index < -0.39 is 0 Å². The van der Waals surface area contributed by atoms with Gasteiger partial charge in [-0.2, -0.15) is 0 Å². The van der Waals surface area contributed by atoms with E-state index in [0.717, 1.165) is 12.6 Å². The first kappa shape index (κ1) is 14.4. The molecule has 0 saturated carbocycles. The Bertz CT molecular complexity index is 455. The third-order valence-corrected chi connectivity index (χ3v) is 5.45. The predicted octanol–water partition coefficient (Wildman–Crippen LogP) is 2.63. The van der Waals surface area contributed by atoms with Crippen LogP contribution in [-0.4, -0.2) is 50.2 Å². The Morgan fingerprint density at radius 3 is 2.95 bits per heavy atom. The second kappa shape index (κ2) is 6.46. The molecule has 0 spiro atoms. The Labute approximate surface area is 130 Å². The SMILES string of the molecule is Cc1cc(N2CCC(N3CCCNCC3)C2)ccc1Br. The second-order valence-corrected chi connectivity index (χ2v) is 6.82. The topological polar surface area (TPSA) is 18.5 Å². The maximum absolute atomic E-state index is 3.59. The van der Waals surface area contributed by atoms with Crippen LogP contribution >= 0.6 is 15.9 Å². The van der Waals surface area contributed by atoms with E-state index in [1.165, 1.54) is 61.3 Å². The summed E-state index contributed by atoms with van der Waals surface area (Å²) in [4.78, 5) is 5.23. The van der Waals surface area contributed by atoms with Gasteiger partial charge in [0.05, 0.1) is 0 Å². The first-order chi connectivity index (χ1) is 9.74. The summed E-state index contributed by atoms with van der Waals surface area (Å²) in [5, 5.41) is 3.50. The lowest BCUT2D eigenvalue weighted by molar-refractivity contribution is 0.224. The lowest BCUT2D eigenvalue weighted by Crippen LogP contribution is -2.39. The molecule has 1 unspecified atom stereocenters. The van der Waals surface area contributed by atoms with Crippen molar-refractivity contribution in [1.29, 1.82) is 0 Å². The molecule has 3 nitrogen and oxygen atoms in total. The van der Waals surface area contributed by atoms with E-state index >= 15 is 0 Å². The third kappa shape index (κ3) is 3.18. The van der Waals surface area contributed by atoms with Crippen molar-refractivity contribution < 1.29 is 0 Å². The van der Waals surface area contributed by atoms with E-state index in [1.807, 2.05) is 0 Å². The molecule has 0 aliphatic carbocycles. The Morgan fingerprint density at radius 1 is 1.20 bits per heavy atom. The fourth-order valence-electron chi connectivity index (χ4n) is 3.33. The van der Waals surface area contributed by atoms with Crippen LogP contribution in [0.15, 0.2) is 22.7 Å². The summed E-state index contributed by atoms with van der Waals surface area (Å²) in [6, 6.07) is 7.45. The first-order valence-corrected chi connectivity index (χ1v) is 8.49. The zero-order chi connectivity index (χ0) is 13.9. The van der Waals surface area contributed by atoms with Gasteiger partial charge >= 0.3 is 0 Å². The first-order valence-electron chi connectivity index (χ1n) is 7.70. The summed E-state index contributed by atoms with van der Waals surface area (Å²) in [6.45, 7) is 9.33. The highest BCUT2D eigenvalue weighted by atomic mass is 79.9. The van der Waals surface area contributed by atoms with E-state index in [1.54, 1.807) is 0 Å². The molecular formula is C16H24BrN3. The van der Waals surface area contributed by atoms with Crippen LogP contribution in [0.3, 0.4) is 0 Å². The van der Waals surface area contributed by atoms with Crippen LogP contribution in [0.2, 0.25) is 0 Å². The van der Waals surface area contributed by atoms with Gasteiger partial charge in [-0.15, -0.1) is 0 Å². The molecule has 2 heterocycles. The summed E-state index contributed by atoms with van der Waals surface area (Å²) in [5.41, 5.74) is 2.70. The molecule has 2 saturated heterocycles. The number of benzene rings is 1. The molecule has 20 heavy (non-hydrogen) atoms. The summed E-state index contributed by atoms with van der Waals surface area (Å²) in [6.07, 6.45) is 2.59. The van der Waals surface area contributed by atoms with Crippen LogP contribution in [0.5, 0.6) is 0 Å². The normalized spacial score (nSPS) is 24.9. The van der Waals surface area contributed by atoms with Crippen molar-refractivity contribution in [3.63, 3.8) is 0 Å². The van der Waals surface area contributed by atoms with Crippen LogP contribution in [0.1, 0.15) is 18.4 Å². The number of rotatable bonds is 2. The van der Waals surface area contributed by atoms with Gasteiger partial charge in [0, 0.05) is 42.4 Å². The Kier molecular flexibility index (Phi) is 4.64. The quantitative estimate of drug-likeness (QED) is 0.894. The van der Waals surface area contributed by atoms with Gasteiger partial charge in [-0.25, -0.2) is 0 Å². The molecule has 0 amide bonds. The van der Waals surface area contributed by atoms with Gasteiger partial charge in [0.2, 0.25) is 0 Å². The lowest BCUT2D eigenvalue weighted by atomic mass is 10.2. The second-order valence-electron chi connectivity index (χ2n) is 5.96. The van der Waals surface area contributed by atoms with Gasteiger partial charge < -0.3 is 10.2 Å². The molecule has 110 valence electrons. The van der Waals surface area contributed by atoms with Gasteiger partial charge in [0.25, 0.3) is 0 Å². The highest BCUT2D eigenvalue weighted by Crippen LogP contribution is 2.27. The number of nitrogens with one attached hydrogen (secondary N) is 1. The number of anilines is 1. The van der Waals surface area contributed by atoms with Gasteiger partial charge in [-0.05, 0) is 56.6 Å². The molecule has 1 N–H and O–H groups in total. The molecule has 2 aliphatic rings. The van der Waals surface area contributed by atoms with Crippen LogP contribution in [0.25, 0.3) is 0 Å². The van der Waals surface area contributed by atoms with Crippen molar-refractivity contribution in [2.24, 2.45) is 0 Å². The van der Waals surface area contributed by atoms with Crippen molar-refractivity contribution in [3.05, 3.63) is 28.2 Å². The predicted molar refractivity (Wildman–Crippen MR) is 88.6 cm³/mol. The number of nitrogens with zero attached hydrogens (tertiary/aromatic N) is 2. The molecule has 0 bridgehead atoms. The number of halogens is 1. The highest BCUT2D eigenvalue weighted by Gasteiger charge is 2.28. The molecule has 1 atom stereocenters. The van der Waals surface area contributed by atoms with E-state index in [9.17, 15) is 0 Å². The van der Waals surface area contributed by atoms with E-state index in [4.69, 9.17) is 0 Å². The molecular weight excluding hydrogens is 314 g/mol. The molecule has 1 aromatic rings. The summed E-state index contributed by atoms with van der Waals surface area (Å²) in [5.74, 6) is 0. The summed E-state index contributed by atoms with van der Waals surface area (Å²) in [7, 11) is 0. The van der Waals surface area contributed by atoms with Crippen LogP contribution in [0.4, 0.5) is 5.69 Å². The van der Waals surface area contributed by atoms with Gasteiger partial charge in [-0.1, -0.05) is 15.9 Å². The van der Waals surface area contributed by atoms with Crippen molar-refractivity contribution in [3.8, 4) is 0 Å². The number of hydrogen-bond acceptors (Lipinski definition) is 3. The third-order valence-electron chi connectivity index (χ3n) is 4.56. The zero-order valence-corrected chi connectivity index (χ0v) is 13.8. The van der Waals surface area contributed by atoms with Crippen molar-refractivity contribution in [2.45, 2.75) is 25.8 Å².